The van der Waals surface area contributed by atoms with Crippen LogP contribution in [0.2, 0.25) is 0 Å². The molecule has 0 radical (unpaired) electrons. The van der Waals surface area contributed by atoms with Crippen molar-refractivity contribution in [2.24, 2.45) is 0 Å². The molecule has 1 aromatic carbocycles. The van der Waals surface area contributed by atoms with Crippen LogP contribution in [0.1, 0.15) is 12.0 Å². The molecule has 0 aliphatic heterocycles. The number of benzene rings is 1. The monoisotopic (exact) mass is 285 g/mol. The van der Waals surface area contributed by atoms with E-state index in [-0.39, 0.29) is 12.3 Å². The van der Waals surface area contributed by atoms with Gasteiger partial charge in [0.1, 0.15) is 5.75 Å². The van der Waals surface area contributed by atoms with Gasteiger partial charge in [0, 0.05) is 11.8 Å². The van der Waals surface area contributed by atoms with Gasteiger partial charge in [0.2, 0.25) is 5.91 Å². The number of amides is 2. The highest BCUT2D eigenvalue weighted by Crippen LogP contribution is 2.15. The Balaban J connectivity index is 2.52. The lowest BCUT2D eigenvalue weighted by Gasteiger charge is -2.07. The van der Waals surface area contributed by atoms with Crippen molar-refractivity contribution < 1.29 is 14.3 Å². The van der Waals surface area contributed by atoms with Crippen molar-refractivity contribution >= 4 is 27.9 Å². The van der Waals surface area contributed by atoms with Crippen LogP contribution in [0.25, 0.3) is 0 Å². The molecule has 5 heteroatoms. The molecule has 0 saturated heterocycles. The molecular weight excluding hydrogens is 274 g/mol. The summed E-state index contributed by atoms with van der Waals surface area (Å²) in [5.74, 6) is 0.0853. The Bertz CT molecular complexity index is 393. The normalized spacial score (nSPS) is 9.62. The largest absolute Gasteiger partial charge is 0.419 e. The summed E-state index contributed by atoms with van der Waals surface area (Å²) in [7, 11) is 0. The first-order valence-electron chi connectivity index (χ1n) is 4.76. The van der Waals surface area contributed by atoms with Gasteiger partial charge < -0.3 is 4.74 Å². The number of alkyl halides is 1. The fourth-order valence-corrected chi connectivity index (χ4v) is 1.42. The van der Waals surface area contributed by atoms with E-state index in [2.05, 4.69) is 21.2 Å². The minimum absolute atomic E-state index is 0.239. The summed E-state index contributed by atoms with van der Waals surface area (Å²) in [5, 5.41) is 2.64. The Hall–Kier alpha value is -1.36. The lowest BCUT2D eigenvalue weighted by molar-refractivity contribution is -0.119. The Morgan fingerprint density at radius 3 is 2.69 bits per heavy atom. The van der Waals surface area contributed by atoms with E-state index in [1.807, 2.05) is 19.1 Å². The third kappa shape index (κ3) is 4.02. The molecule has 0 bridgehead atoms. The summed E-state index contributed by atoms with van der Waals surface area (Å²) in [4.78, 5) is 22.4. The second kappa shape index (κ2) is 6.27. The van der Waals surface area contributed by atoms with Gasteiger partial charge in [-0.25, -0.2) is 4.79 Å². The molecule has 0 aliphatic rings. The van der Waals surface area contributed by atoms with E-state index in [1.165, 1.54) is 0 Å². The van der Waals surface area contributed by atoms with Gasteiger partial charge in [-0.15, -0.1) is 0 Å². The van der Waals surface area contributed by atoms with Crippen molar-refractivity contribution in [3.8, 4) is 5.75 Å². The van der Waals surface area contributed by atoms with Crippen molar-refractivity contribution in [1.29, 1.82) is 0 Å². The quantitative estimate of drug-likeness (QED) is 0.868. The molecule has 16 heavy (non-hydrogen) atoms. The van der Waals surface area contributed by atoms with Crippen LogP contribution < -0.4 is 10.1 Å². The fraction of sp³-hybridized carbons (Fsp3) is 0.273. The van der Waals surface area contributed by atoms with Gasteiger partial charge >= 0.3 is 6.09 Å². The first kappa shape index (κ1) is 12.7. The van der Waals surface area contributed by atoms with Crippen LogP contribution >= 0.6 is 15.9 Å². The molecule has 0 spiro atoms. The third-order valence-electron chi connectivity index (χ3n) is 1.86. The van der Waals surface area contributed by atoms with E-state index in [0.717, 1.165) is 5.56 Å². The topological polar surface area (TPSA) is 55.4 Å². The molecule has 2 amide bonds. The maximum Gasteiger partial charge on any atom is 0.419 e. The van der Waals surface area contributed by atoms with Crippen molar-refractivity contribution in [1.82, 2.24) is 5.32 Å². The van der Waals surface area contributed by atoms with Crippen molar-refractivity contribution in [2.75, 3.05) is 5.33 Å². The molecule has 0 fully saturated rings. The van der Waals surface area contributed by atoms with Gasteiger partial charge in [0.05, 0.1) is 0 Å². The van der Waals surface area contributed by atoms with Crippen molar-refractivity contribution in [3.63, 3.8) is 0 Å². The number of hydrogen-bond donors (Lipinski definition) is 1. The number of nitrogens with one attached hydrogen (secondary N) is 1. The predicted octanol–water partition coefficient (Wildman–Crippen LogP) is 2.40. The Kier molecular flexibility index (Phi) is 4.98. The van der Waals surface area contributed by atoms with Crippen LogP contribution in [0.4, 0.5) is 4.79 Å². The Labute approximate surface area is 102 Å². The maximum atomic E-state index is 11.3. The first-order chi connectivity index (χ1) is 7.63. The molecule has 0 heterocycles. The van der Waals surface area contributed by atoms with E-state index in [4.69, 9.17) is 4.74 Å². The number of hydrogen-bond acceptors (Lipinski definition) is 3. The summed E-state index contributed by atoms with van der Waals surface area (Å²) in [5.41, 5.74) is 0.839. The van der Waals surface area contributed by atoms with Gasteiger partial charge in [-0.3, -0.25) is 10.1 Å². The number of imide groups is 1. The molecule has 0 saturated carbocycles. The van der Waals surface area contributed by atoms with E-state index in [1.54, 1.807) is 12.1 Å². The molecule has 0 atom stereocenters. The van der Waals surface area contributed by atoms with E-state index in [9.17, 15) is 9.59 Å². The minimum Gasteiger partial charge on any atom is -0.410 e. The zero-order valence-electron chi connectivity index (χ0n) is 8.83. The fourth-order valence-electron chi connectivity index (χ4n) is 1.06. The van der Waals surface area contributed by atoms with Crippen molar-refractivity contribution in [2.45, 2.75) is 13.3 Å². The zero-order valence-corrected chi connectivity index (χ0v) is 10.4. The lowest BCUT2D eigenvalue weighted by Crippen LogP contribution is -2.33. The van der Waals surface area contributed by atoms with Gasteiger partial charge in [-0.05, 0) is 18.6 Å². The van der Waals surface area contributed by atoms with E-state index < -0.39 is 6.09 Å². The standard InChI is InChI=1S/C11H12BrNO3/c1-8-4-2-3-5-9(8)16-11(15)13-10(14)6-7-12/h2-5H,6-7H2,1H3,(H,13,14,15). The molecule has 0 aromatic heterocycles. The lowest BCUT2D eigenvalue weighted by atomic mass is 10.2. The van der Waals surface area contributed by atoms with Crippen molar-refractivity contribution in [3.05, 3.63) is 29.8 Å². The van der Waals surface area contributed by atoms with Crippen LogP contribution in [0.5, 0.6) is 5.75 Å². The number of carbonyl (C=O) groups is 2. The Morgan fingerprint density at radius 1 is 1.38 bits per heavy atom. The molecule has 0 aliphatic carbocycles. The summed E-state index contributed by atoms with van der Waals surface area (Å²) >= 11 is 3.11. The second-order valence-electron chi connectivity index (χ2n) is 3.14. The van der Waals surface area contributed by atoms with Crippen LogP contribution in [0, 0.1) is 6.92 Å². The molecule has 86 valence electrons. The molecule has 1 N–H and O–H groups in total. The van der Waals surface area contributed by atoms with Crippen LogP contribution in [0.15, 0.2) is 24.3 Å². The first-order valence-corrected chi connectivity index (χ1v) is 5.89. The molecule has 1 rings (SSSR count). The number of rotatable bonds is 3. The zero-order chi connectivity index (χ0) is 12.0. The average molecular weight is 286 g/mol. The molecule has 4 nitrogen and oxygen atoms in total. The average Bonchev–Trinajstić information content (AvgIpc) is 2.21. The highest BCUT2D eigenvalue weighted by atomic mass is 79.9. The molecule has 0 unspecified atom stereocenters. The van der Waals surface area contributed by atoms with E-state index in [0.29, 0.717) is 11.1 Å². The van der Waals surface area contributed by atoms with Crippen LogP contribution in [-0.2, 0) is 4.79 Å². The van der Waals surface area contributed by atoms with Gasteiger partial charge in [-0.1, -0.05) is 34.1 Å². The highest BCUT2D eigenvalue weighted by molar-refractivity contribution is 9.09. The van der Waals surface area contributed by atoms with Gasteiger partial charge in [0.25, 0.3) is 0 Å². The summed E-state index contributed by atoms with van der Waals surface area (Å²) in [6.45, 7) is 1.82. The summed E-state index contributed by atoms with van der Waals surface area (Å²) < 4.78 is 4.98. The van der Waals surface area contributed by atoms with Crippen LogP contribution in [-0.4, -0.2) is 17.3 Å². The number of para-hydroxylation sites is 1. The number of aryl methyl sites for hydroxylation is 1. The summed E-state index contributed by atoms with van der Waals surface area (Å²) in [6.07, 6.45) is -0.511. The van der Waals surface area contributed by atoms with Gasteiger partial charge in [0.15, 0.2) is 0 Å². The maximum absolute atomic E-state index is 11.3. The van der Waals surface area contributed by atoms with Crippen LogP contribution in [0.3, 0.4) is 0 Å². The molecular formula is C11H12BrNO3. The third-order valence-corrected chi connectivity index (χ3v) is 2.26. The molecule has 1 aromatic rings. The summed E-state index contributed by atoms with van der Waals surface area (Å²) in [6, 6.07) is 7.10. The smallest absolute Gasteiger partial charge is 0.410 e. The predicted molar refractivity (Wildman–Crippen MR) is 63.8 cm³/mol. The number of halogens is 1. The SMILES string of the molecule is Cc1ccccc1OC(=O)NC(=O)CCBr. The highest BCUT2D eigenvalue weighted by Gasteiger charge is 2.09. The minimum atomic E-state index is -0.750. The Morgan fingerprint density at radius 2 is 2.06 bits per heavy atom. The van der Waals surface area contributed by atoms with E-state index >= 15 is 0 Å². The second-order valence-corrected chi connectivity index (χ2v) is 3.94. The number of carbonyl (C=O) groups excluding carboxylic acids is 2. The van der Waals surface area contributed by atoms with Gasteiger partial charge in [-0.2, -0.15) is 0 Å². The number of ether oxygens (including phenoxy) is 1.